The number of hydrogen-bond acceptors (Lipinski definition) is 5. The number of nitrogens with zero attached hydrogens (tertiary/aromatic N) is 1. The molecule has 0 aliphatic rings. The van der Waals surface area contributed by atoms with Gasteiger partial charge in [-0.15, -0.1) is 11.3 Å². The number of carbonyl (C=O) groups is 1. The molecule has 0 aliphatic carbocycles. The van der Waals surface area contributed by atoms with Crippen LogP contribution in [0.1, 0.15) is 16.0 Å². The van der Waals surface area contributed by atoms with Gasteiger partial charge in [0.25, 0.3) is 0 Å². The Bertz CT molecular complexity index is 448. The van der Waals surface area contributed by atoms with Crippen molar-refractivity contribution in [2.24, 2.45) is 5.73 Å². The van der Waals surface area contributed by atoms with Crippen LogP contribution in [0.3, 0.4) is 0 Å². The third-order valence-electron chi connectivity index (χ3n) is 2.25. The van der Waals surface area contributed by atoms with Crippen LogP contribution in [-0.4, -0.2) is 24.0 Å². The minimum atomic E-state index is -0.0822. The molecular weight excluding hydrogens is 254 g/mol. The van der Waals surface area contributed by atoms with Crippen LogP contribution in [0.2, 0.25) is 0 Å². The Kier molecular flexibility index (Phi) is 5.48. The van der Waals surface area contributed by atoms with Crippen molar-refractivity contribution in [3.05, 3.63) is 16.0 Å². The number of nitrogens with two attached hydrogens (primary N) is 1. The van der Waals surface area contributed by atoms with Crippen LogP contribution in [-0.2, 0) is 4.79 Å². The summed E-state index contributed by atoms with van der Waals surface area (Å²) in [5.41, 5.74) is 6.86. The molecule has 6 heteroatoms. The van der Waals surface area contributed by atoms with E-state index in [1.54, 1.807) is 0 Å². The van der Waals surface area contributed by atoms with Gasteiger partial charge in [-0.2, -0.15) is 17.0 Å². The van der Waals surface area contributed by atoms with Crippen LogP contribution < -0.4 is 11.1 Å². The molecule has 1 rings (SSSR count). The van der Waals surface area contributed by atoms with E-state index in [4.69, 9.17) is 11.0 Å². The lowest BCUT2D eigenvalue weighted by Crippen LogP contribution is -2.15. The van der Waals surface area contributed by atoms with E-state index in [1.165, 1.54) is 23.1 Å². The lowest BCUT2D eigenvalue weighted by atomic mass is 10.2. The molecular formula is C11H15N3OS2. The fraction of sp³-hybridized carbons (Fsp3) is 0.455. The summed E-state index contributed by atoms with van der Waals surface area (Å²) >= 11 is 2.93. The van der Waals surface area contributed by atoms with E-state index < -0.39 is 0 Å². The summed E-state index contributed by atoms with van der Waals surface area (Å²) in [6.07, 6.45) is 0. The third-order valence-corrected chi connectivity index (χ3v) is 4.36. The van der Waals surface area contributed by atoms with Crippen LogP contribution >= 0.6 is 23.1 Å². The van der Waals surface area contributed by atoms with Gasteiger partial charge in [0.15, 0.2) is 0 Å². The van der Waals surface area contributed by atoms with Gasteiger partial charge in [-0.05, 0) is 19.4 Å². The zero-order valence-corrected chi connectivity index (χ0v) is 11.5. The highest BCUT2D eigenvalue weighted by Gasteiger charge is 2.14. The number of thioether (sulfide) groups is 1. The first-order valence-electron chi connectivity index (χ1n) is 5.18. The normalized spacial score (nSPS) is 10.0. The minimum Gasteiger partial charge on any atom is -0.330 e. The molecule has 17 heavy (non-hydrogen) atoms. The fourth-order valence-corrected chi connectivity index (χ4v) is 2.86. The molecule has 0 fully saturated rings. The molecule has 3 N–H and O–H groups in total. The molecule has 4 nitrogen and oxygen atoms in total. The number of nitrogens with one attached hydrogen (secondary N) is 1. The number of carbonyl (C=O) groups excluding carboxylic acids is 1. The monoisotopic (exact) mass is 269 g/mol. The predicted molar refractivity (Wildman–Crippen MR) is 73.5 cm³/mol. The number of aryl methyl sites for hydroxylation is 1. The Labute approximate surface area is 109 Å². The van der Waals surface area contributed by atoms with Gasteiger partial charge in [-0.1, -0.05) is 0 Å². The smallest absolute Gasteiger partial charge is 0.235 e. The van der Waals surface area contributed by atoms with Crippen LogP contribution in [0.15, 0.2) is 0 Å². The van der Waals surface area contributed by atoms with Crippen LogP contribution in [0.25, 0.3) is 0 Å². The summed E-state index contributed by atoms with van der Waals surface area (Å²) in [5.74, 6) is 1.06. The second-order valence-electron chi connectivity index (χ2n) is 3.49. The van der Waals surface area contributed by atoms with Gasteiger partial charge in [0.1, 0.15) is 11.1 Å². The standard InChI is InChI=1S/C11H15N3OS2/c1-7-8(2)17-11(9(7)5-13)14-10(15)6-16-4-3-12/h3-4,6,12H2,1-2H3,(H,14,15). The van der Waals surface area contributed by atoms with Crippen molar-refractivity contribution in [2.45, 2.75) is 13.8 Å². The quantitative estimate of drug-likeness (QED) is 0.800. The maximum atomic E-state index is 11.6. The van der Waals surface area contributed by atoms with E-state index in [9.17, 15) is 4.79 Å². The summed E-state index contributed by atoms with van der Waals surface area (Å²) < 4.78 is 0. The van der Waals surface area contributed by atoms with E-state index in [0.717, 1.165) is 16.2 Å². The van der Waals surface area contributed by atoms with Crippen molar-refractivity contribution < 1.29 is 4.79 Å². The molecule has 0 saturated carbocycles. The number of nitriles is 1. The molecule has 1 heterocycles. The van der Waals surface area contributed by atoms with Crippen molar-refractivity contribution >= 4 is 34.0 Å². The van der Waals surface area contributed by atoms with Gasteiger partial charge in [0.05, 0.1) is 11.3 Å². The molecule has 0 saturated heterocycles. The van der Waals surface area contributed by atoms with Crippen molar-refractivity contribution in [1.29, 1.82) is 5.26 Å². The summed E-state index contributed by atoms with van der Waals surface area (Å²) in [6, 6.07) is 2.13. The van der Waals surface area contributed by atoms with Crippen molar-refractivity contribution in [2.75, 3.05) is 23.4 Å². The summed E-state index contributed by atoms with van der Waals surface area (Å²) in [4.78, 5) is 12.7. The number of amides is 1. The molecule has 1 aromatic rings. The molecule has 92 valence electrons. The molecule has 1 amide bonds. The Balaban J connectivity index is 2.66. The number of thiophene rings is 1. The first-order valence-corrected chi connectivity index (χ1v) is 7.15. The molecule has 1 aromatic heterocycles. The SMILES string of the molecule is Cc1sc(NC(=O)CSCCN)c(C#N)c1C. The predicted octanol–water partition coefficient (Wildman–Crippen LogP) is 1.87. The number of anilines is 1. The molecule has 0 aliphatic heterocycles. The molecule has 0 bridgehead atoms. The average molecular weight is 269 g/mol. The number of rotatable bonds is 5. The topological polar surface area (TPSA) is 78.9 Å². The highest BCUT2D eigenvalue weighted by Crippen LogP contribution is 2.31. The molecule has 0 unspecified atom stereocenters. The lowest BCUT2D eigenvalue weighted by molar-refractivity contribution is -0.113. The van der Waals surface area contributed by atoms with Gasteiger partial charge >= 0.3 is 0 Å². The van der Waals surface area contributed by atoms with E-state index in [1.807, 2.05) is 13.8 Å². The third kappa shape index (κ3) is 3.73. The first-order chi connectivity index (χ1) is 8.10. The van der Waals surface area contributed by atoms with Gasteiger partial charge in [-0.3, -0.25) is 4.79 Å². The second kappa shape index (κ2) is 6.64. The Morgan fingerprint density at radius 2 is 2.29 bits per heavy atom. The molecule has 0 aromatic carbocycles. The van der Waals surface area contributed by atoms with Crippen molar-refractivity contribution in [3.63, 3.8) is 0 Å². The zero-order valence-electron chi connectivity index (χ0n) is 9.87. The van der Waals surface area contributed by atoms with E-state index >= 15 is 0 Å². The summed E-state index contributed by atoms with van der Waals surface area (Å²) in [5, 5.41) is 12.5. The van der Waals surface area contributed by atoms with E-state index in [2.05, 4.69) is 11.4 Å². The van der Waals surface area contributed by atoms with Crippen LogP contribution in [0.5, 0.6) is 0 Å². The Morgan fingerprint density at radius 3 is 2.88 bits per heavy atom. The first kappa shape index (κ1) is 14.0. The summed E-state index contributed by atoms with van der Waals surface area (Å²) in [6.45, 7) is 4.40. The fourth-order valence-electron chi connectivity index (χ4n) is 1.26. The van der Waals surface area contributed by atoms with Crippen molar-refractivity contribution in [1.82, 2.24) is 0 Å². The Hall–Kier alpha value is -1.03. The maximum absolute atomic E-state index is 11.6. The zero-order chi connectivity index (χ0) is 12.8. The average Bonchev–Trinajstić information content (AvgIpc) is 2.54. The minimum absolute atomic E-state index is 0.0822. The van der Waals surface area contributed by atoms with E-state index in [0.29, 0.717) is 22.9 Å². The van der Waals surface area contributed by atoms with Crippen molar-refractivity contribution in [3.8, 4) is 6.07 Å². The molecule has 0 atom stereocenters. The van der Waals surface area contributed by atoms with Gasteiger partial charge in [0, 0.05) is 17.2 Å². The molecule has 0 radical (unpaired) electrons. The van der Waals surface area contributed by atoms with Gasteiger partial charge in [-0.25, -0.2) is 0 Å². The maximum Gasteiger partial charge on any atom is 0.235 e. The summed E-state index contributed by atoms with van der Waals surface area (Å²) in [7, 11) is 0. The van der Waals surface area contributed by atoms with Gasteiger partial charge < -0.3 is 11.1 Å². The second-order valence-corrected chi connectivity index (χ2v) is 5.82. The molecule has 0 spiro atoms. The van der Waals surface area contributed by atoms with E-state index in [-0.39, 0.29) is 5.91 Å². The van der Waals surface area contributed by atoms with Crippen LogP contribution in [0, 0.1) is 25.2 Å². The highest BCUT2D eigenvalue weighted by molar-refractivity contribution is 7.99. The van der Waals surface area contributed by atoms with Crippen LogP contribution in [0.4, 0.5) is 5.00 Å². The van der Waals surface area contributed by atoms with Gasteiger partial charge in [0.2, 0.25) is 5.91 Å². The highest BCUT2D eigenvalue weighted by atomic mass is 32.2. The Morgan fingerprint density at radius 1 is 1.59 bits per heavy atom. The number of hydrogen-bond donors (Lipinski definition) is 2. The lowest BCUT2D eigenvalue weighted by Gasteiger charge is -2.02. The largest absolute Gasteiger partial charge is 0.330 e.